The third kappa shape index (κ3) is 5.21. The molecular formula is C40H39N3. The van der Waals surface area contributed by atoms with Gasteiger partial charge >= 0.3 is 0 Å². The maximum atomic E-state index is 4.87. The van der Waals surface area contributed by atoms with Gasteiger partial charge in [0.15, 0.2) is 11.6 Å². The molecule has 0 aliphatic carbocycles. The molecule has 3 nitrogen and oxygen atoms in total. The maximum absolute atomic E-state index is 4.87. The molecule has 3 heteroatoms. The van der Waals surface area contributed by atoms with Crippen LogP contribution in [0.3, 0.4) is 0 Å². The van der Waals surface area contributed by atoms with Gasteiger partial charge in [-0.05, 0) is 135 Å². The van der Waals surface area contributed by atoms with E-state index in [1.807, 2.05) is 0 Å². The standard InChI is InChI=1S/C40H39N3/c1-24-14-16-26(3)33(18-24)35-20-30(7)37(22-28(35)5)39-41-42-40(43(39)32-12-10-9-11-13-32)38-23-29(6)36(21-31(38)8)34-19-25(2)15-17-27(34)4/h9-23H,1-8H3. The van der Waals surface area contributed by atoms with Gasteiger partial charge in [-0.3, -0.25) is 4.57 Å². The average molecular weight is 562 g/mol. The van der Waals surface area contributed by atoms with E-state index in [-0.39, 0.29) is 0 Å². The van der Waals surface area contributed by atoms with Crippen LogP contribution in [-0.4, -0.2) is 14.8 Å². The van der Waals surface area contributed by atoms with Crippen LogP contribution >= 0.6 is 0 Å². The van der Waals surface area contributed by atoms with Crippen molar-refractivity contribution in [1.82, 2.24) is 14.8 Å². The molecule has 0 bridgehead atoms. The number of rotatable bonds is 5. The number of aryl methyl sites for hydroxylation is 8. The molecule has 0 aliphatic heterocycles. The Labute approximate surface area is 255 Å². The monoisotopic (exact) mass is 561 g/mol. The van der Waals surface area contributed by atoms with Gasteiger partial charge in [0.25, 0.3) is 0 Å². The zero-order valence-electron chi connectivity index (χ0n) is 26.5. The molecule has 0 fully saturated rings. The van der Waals surface area contributed by atoms with E-state index < -0.39 is 0 Å². The lowest BCUT2D eigenvalue weighted by Gasteiger charge is -2.18. The summed E-state index contributed by atoms with van der Waals surface area (Å²) < 4.78 is 2.22. The SMILES string of the molecule is Cc1ccc(C)c(-c2cc(C)c(-c3nnc(-c4cc(C)c(-c5cc(C)ccc5C)cc4C)n3-c3ccccc3)cc2C)c1. The topological polar surface area (TPSA) is 30.7 Å². The Kier molecular flexibility index (Phi) is 7.35. The predicted molar refractivity (Wildman–Crippen MR) is 181 cm³/mol. The quantitative estimate of drug-likeness (QED) is 0.210. The third-order valence-electron chi connectivity index (χ3n) is 8.67. The molecular weight excluding hydrogens is 522 g/mol. The van der Waals surface area contributed by atoms with E-state index in [1.165, 1.54) is 66.8 Å². The summed E-state index contributed by atoms with van der Waals surface area (Å²) in [5.41, 5.74) is 18.2. The van der Waals surface area contributed by atoms with E-state index in [9.17, 15) is 0 Å². The fourth-order valence-corrected chi connectivity index (χ4v) is 6.20. The summed E-state index contributed by atoms with van der Waals surface area (Å²) in [6, 6.07) is 33.0. The molecule has 0 N–H and O–H groups in total. The maximum Gasteiger partial charge on any atom is 0.169 e. The van der Waals surface area contributed by atoms with Crippen LogP contribution in [0.2, 0.25) is 0 Å². The van der Waals surface area contributed by atoms with Gasteiger partial charge < -0.3 is 0 Å². The summed E-state index contributed by atoms with van der Waals surface area (Å²) >= 11 is 0. The van der Waals surface area contributed by atoms with Crippen molar-refractivity contribution in [2.75, 3.05) is 0 Å². The highest BCUT2D eigenvalue weighted by Gasteiger charge is 2.22. The van der Waals surface area contributed by atoms with Crippen molar-refractivity contribution in [3.05, 3.63) is 136 Å². The zero-order chi connectivity index (χ0) is 30.4. The highest BCUT2D eigenvalue weighted by molar-refractivity contribution is 5.80. The highest BCUT2D eigenvalue weighted by atomic mass is 15.3. The van der Waals surface area contributed by atoms with E-state index in [1.54, 1.807) is 0 Å². The second-order valence-corrected chi connectivity index (χ2v) is 12.1. The Morgan fingerprint density at radius 2 is 0.744 bits per heavy atom. The molecule has 1 heterocycles. The summed E-state index contributed by atoms with van der Waals surface area (Å²) in [5.74, 6) is 1.70. The van der Waals surface area contributed by atoms with Gasteiger partial charge in [0, 0.05) is 16.8 Å². The first-order valence-electron chi connectivity index (χ1n) is 15.0. The summed E-state index contributed by atoms with van der Waals surface area (Å²) in [5, 5.41) is 9.73. The van der Waals surface area contributed by atoms with Crippen molar-refractivity contribution in [3.8, 4) is 50.7 Å². The number of hydrogen-bond acceptors (Lipinski definition) is 2. The molecule has 0 radical (unpaired) electrons. The minimum Gasteiger partial charge on any atom is -0.275 e. The van der Waals surface area contributed by atoms with Crippen LogP contribution in [0, 0.1) is 55.4 Å². The molecule has 0 spiro atoms. The summed E-state index contributed by atoms with van der Waals surface area (Å²) in [6.45, 7) is 17.4. The van der Waals surface area contributed by atoms with Gasteiger partial charge in [-0.2, -0.15) is 0 Å². The van der Waals surface area contributed by atoms with Gasteiger partial charge in [0.2, 0.25) is 0 Å². The van der Waals surface area contributed by atoms with Crippen molar-refractivity contribution in [1.29, 1.82) is 0 Å². The van der Waals surface area contributed by atoms with Crippen LogP contribution in [0.15, 0.2) is 91.0 Å². The molecule has 0 aliphatic rings. The van der Waals surface area contributed by atoms with E-state index in [0.29, 0.717) is 0 Å². The lowest BCUT2D eigenvalue weighted by atomic mass is 9.91. The van der Waals surface area contributed by atoms with Gasteiger partial charge in [-0.25, -0.2) is 0 Å². The molecule has 0 unspecified atom stereocenters. The Morgan fingerprint density at radius 1 is 0.372 bits per heavy atom. The van der Waals surface area contributed by atoms with E-state index >= 15 is 0 Å². The summed E-state index contributed by atoms with van der Waals surface area (Å²) in [6.07, 6.45) is 0. The Bertz CT molecular complexity index is 1870. The first-order valence-corrected chi connectivity index (χ1v) is 15.0. The predicted octanol–water partition coefficient (Wildman–Crippen LogP) is 10.4. The van der Waals surface area contributed by atoms with Crippen LogP contribution < -0.4 is 0 Å². The largest absolute Gasteiger partial charge is 0.275 e. The molecule has 1 aromatic heterocycles. The highest BCUT2D eigenvalue weighted by Crippen LogP contribution is 2.38. The molecule has 0 saturated heterocycles. The van der Waals surface area contributed by atoms with Crippen LogP contribution in [0.4, 0.5) is 0 Å². The minimum absolute atomic E-state index is 0.852. The first kappa shape index (κ1) is 28.4. The molecule has 43 heavy (non-hydrogen) atoms. The first-order chi connectivity index (χ1) is 20.6. The van der Waals surface area contributed by atoms with E-state index in [0.717, 1.165) is 28.5 Å². The lowest BCUT2D eigenvalue weighted by Crippen LogP contribution is -2.03. The van der Waals surface area contributed by atoms with E-state index in [2.05, 4.69) is 151 Å². The molecule has 5 aromatic carbocycles. The van der Waals surface area contributed by atoms with Gasteiger partial charge in [-0.1, -0.05) is 77.9 Å². The van der Waals surface area contributed by atoms with Crippen LogP contribution in [0.1, 0.15) is 44.5 Å². The zero-order valence-corrected chi connectivity index (χ0v) is 26.5. The van der Waals surface area contributed by atoms with E-state index in [4.69, 9.17) is 10.2 Å². The van der Waals surface area contributed by atoms with Gasteiger partial charge in [-0.15, -0.1) is 10.2 Å². The lowest BCUT2D eigenvalue weighted by molar-refractivity contribution is 1.06. The van der Waals surface area contributed by atoms with Crippen LogP contribution in [0.25, 0.3) is 50.7 Å². The number of aromatic nitrogens is 3. The van der Waals surface area contributed by atoms with Crippen molar-refractivity contribution >= 4 is 0 Å². The van der Waals surface area contributed by atoms with Gasteiger partial charge in [0.05, 0.1) is 0 Å². The number of nitrogens with zero attached hydrogens (tertiary/aromatic N) is 3. The summed E-state index contributed by atoms with van der Waals surface area (Å²) in [4.78, 5) is 0. The molecule has 0 atom stereocenters. The van der Waals surface area contributed by atoms with Crippen molar-refractivity contribution in [2.24, 2.45) is 0 Å². The fourth-order valence-electron chi connectivity index (χ4n) is 6.20. The third-order valence-corrected chi connectivity index (χ3v) is 8.67. The van der Waals surface area contributed by atoms with Crippen LogP contribution in [0.5, 0.6) is 0 Å². The smallest absolute Gasteiger partial charge is 0.169 e. The Morgan fingerprint density at radius 3 is 1.19 bits per heavy atom. The molecule has 0 saturated carbocycles. The molecule has 6 rings (SSSR count). The molecule has 0 amide bonds. The number of benzene rings is 5. The van der Waals surface area contributed by atoms with Crippen molar-refractivity contribution < 1.29 is 0 Å². The van der Waals surface area contributed by atoms with Gasteiger partial charge in [0.1, 0.15) is 0 Å². The molecule has 6 aromatic rings. The normalized spacial score (nSPS) is 11.3. The van der Waals surface area contributed by atoms with Crippen molar-refractivity contribution in [3.63, 3.8) is 0 Å². The Hall–Kier alpha value is -4.76. The molecule has 214 valence electrons. The average Bonchev–Trinajstić information content (AvgIpc) is 3.43. The second-order valence-electron chi connectivity index (χ2n) is 12.1. The fraction of sp³-hybridized carbons (Fsp3) is 0.200. The number of para-hydroxylation sites is 1. The second kappa shape index (κ2) is 11.1. The minimum atomic E-state index is 0.852. The summed E-state index contributed by atoms with van der Waals surface area (Å²) in [7, 11) is 0. The Balaban J connectivity index is 1.53. The van der Waals surface area contributed by atoms with Crippen molar-refractivity contribution in [2.45, 2.75) is 55.4 Å². The number of hydrogen-bond donors (Lipinski definition) is 0. The van der Waals surface area contributed by atoms with Crippen LogP contribution in [-0.2, 0) is 0 Å².